The number of carboxylic acid groups (broad SMARTS) is 1. The first-order valence-corrected chi connectivity index (χ1v) is 8.52. The van der Waals surface area contributed by atoms with Crippen LogP contribution in [-0.4, -0.2) is 23.6 Å². The van der Waals surface area contributed by atoms with Crippen molar-refractivity contribution in [3.8, 4) is 5.75 Å². The van der Waals surface area contributed by atoms with E-state index in [0.29, 0.717) is 18.0 Å². The molecule has 5 heteroatoms. The van der Waals surface area contributed by atoms with E-state index >= 15 is 0 Å². The third kappa shape index (κ3) is 2.07. The Balaban J connectivity index is 1.61. The standard InChI is InChI=1S/C19H21NO4/c1-2-24-14-6-4-3-5-13(14)20-17(21)15-11-7-8-12(16(15)18(22)23)19(11)9-10-19/h3-8,11-12,15-16H,2,9-10H2,1H3,(H,20,21)(H,22,23)/t11-,12+,15+,16-/m0/s1. The van der Waals surface area contributed by atoms with Crippen molar-refractivity contribution in [1.82, 2.24) is 0 Å². The van der Waals surface area contributed by atoms with Gasteiger partial charge in [0.05, 0.1) is 24.1 Å². The maximum absolute atomic E-state index is 12.9. The van der Waals surface area contributed by atoms with E-state index in [-0.39, 0.29) is 23.2 Å². The van der Waals surface area contributed by atoms with Crippen LogP contribution in [0.4, 0.5) is 5.69 Å². The number of carboxylic acids is 1. The predicted molar refractivity (Wildman–Crippen MR) is 88.6 cm³/mol. The molecule has 2 bridgehead atoms. The van der Waals surface area contributed by atoms with Crippen LogP contribution in [0.5, 0.6) is 5.75 Å². The van der Waals surface area contributed by atoms with E-state index < -0.39 is 17.8 Å². The van der Waals surface area contributed by atoms with Crippen molar-refractivity contribution in [2.45, 2.75) is 19.8 Å². The fraction of sp³-hybridized carbons (Fsp3) is 0.474. The zero-order valence-electron chi connectivity index (χ0n) is 13.6. The number of hydrogen-bond donors (Lipinski definition) is 2. The summed E-state index contributed by atoms with van der Waals surface area (Å²) < 4.78 is 5.55. The minimum atomic E-state index is -0.864. The summed E-state index contributed by atoms with van der Waals surface area (Å²) in [6, 6.07) is 7.27. The van der Waals surface area contributed by atoms with Crippen LogP contribution in [0, 0.1) is 29.1 Å². The molecule has 0 unspecified atom stereocenters. The maximum Gasteiger partial charge on any atom is 0.307 e. The number of anilines is 1. The van der Waals surface area contributed by atoms with Crippen molar-refractivity contribution in [3.63, 3.8) is 0 Å². The molecule has 1 aromatic rings. The SMILES string of the molecule is CCOc1ccccc1NC(=O)[C@H]1[C@@H](C(=O)O)[C@H]2C=C[C@@H]1C21CC1. The van der Waals surface area contributed by atoms with E-state index in [9.17, 15) is 14.7 Å². The molecule has 24 heavy (non-hydrogen) atoms. The molecule has 0 aromatic heterocycles. The van der Waals surface area contributed by atoms with Crippen molar-refractivity contribution >= 4 is 17.6 Å². The van der Waals surface area contributed by atoms with E-state index in [4.69, 9.17) is 4.74 Å². The highest BCUT2D eigenvalue weighted by atomic mass is 16.5. The summed E-state index contributed by atoms with van der Waals surface area (Å²) >= 11 is 0. The monoisotopic (exact) mass is 327 g/mol. The zero-order valence-corrected chi connectivity index (χ0v) is 13.6. The topological polar surface area (TPSA) is 75.6 Å². The van der Waals surface area contributed by atoms with Gasteiger partial charge in [0.1, 0.15) is 5.75 Å². The van der Waals surface area contributed by atoms with E-state index in [2.05, 4.69) is 11.4 Å². The number of allylic oxidation sites excluding steroid dienone is 2. The molecule has 4 rings (SSSR count). The van der Waals surface area contributed by atoms with Gasteiger partial charge >= 0.3 is 5.97 Å². The van der Waals surface area contributed by atoms with Crippen LogP contribution in [0.1, 0.15) is 19.8 Å². The minimum absolute atomic E-state index is 0.00196. The molecule has 0 saturated heterocycles. The largest absolute Gasteiger partial charge is 0.492 e. The fourth-order valence-electron chi connectivity index (χ4n) is 4.76. The van der Waals surface area contributed by atoms with Crippen LogP contribution in [-0.2, 0) is 9.59 Å². The number of para-hydroxylation sites is 2. The van der Waals surface area contributed by atoms with Crippen LogP contribution in [0.2, 0.25) is 0 Å². The second kappa shape index (κ2) is 5.36. The fourth-order valence-corrected chi connectivity index (χ4v) is 4.76. The Labute approximate surface area is 140 Å². The van der Waals surface area contributed by atoms with Crippen molar-refractivity contribution in [1.29, 1.82) is 0 Å². The van der Waals surface area contributed by atoms with Gasteiger partial charge in [-0.3, -0.25) is 9.59 Å². The minimum Gasteiger partial charge on any atom is -0.492 e. The van der Waals surface area contributed by atoms with Crippen molar-refractivity contribution in [3.05, 3.63) is 36.4 Å². The highest BCUT2D eigenvalue weighted by molar-refractivity contribution is 5.97. The van der Waals surface area contributed by atoms with E-state index in [0.717, 1.165) is 12.8 Å². The Bertz CT molecular complexity index is 722. The van der Waals surface area contributed by atoms with Crippen LogP contribution < -0.4 is 10.1 Å². The van der Waals surface area contributed by atoms with E-state index in [1.54, 1.807) is 12.1 Å². The third-order valence-electron chi connectivity index (χ3n) is 5.87. The summed E-state index contributed by atoms with van der Waals surface area (Å²) in [5.74, 6) is -1.55. The number of nitrogens with one attached hydrogen (secondary N) is 1. The van der Waals surface area contributed by atoms with Crippen LogP contribution in [0.15, 0.2) is 36.4 Å². The highest BCUT2D eigenvalue weighted by Gasteiger charge is 2.70. The molecule has 2 saturated carbocycles. The lowest BCUT2D eigenvalue weighted by Crippen LogP contribution is -2.36. The van der Waals surface area contributed by atoms with Crippen LogP contribution in [0.3, 0.4) is 0 Å². The first-order chi connectivity index (χ1) is 11.6. The van der Waals surface area contributed by atoms with E-state index in [1.807, 2.05) is 25.1 Å². The van der Waals surface area contributed by atoms with Crippen molar-refractivity contribution in [2.75, 3.05) is 11.9 Å². The molecule has 1 amide bonds. The molecule has 3 aliphatic carbocycles. The number of benzene rings is 1. The number of rotatable bonds is 5. The summed E-state index contributed by atoms with van der Waals surface area (Å²) in [6.07, 6.45) is 6.14. The quantitative estimate of drug-likeness (QED) is 0.815. The zero-order chi connectivity index (χ0) is 16.9. The van der Waals surface area contributed by atoms with Crippen molar-refractivity contribution < 1.29 is 19.4 Å². The number of carbonyl (C=O) groups excluding carboxylic acids is 1. The molecule has 3 aliphatic rings. The Kier molecular flexibility index (Phi) is 3.41. The van der Waals surface area contributed by atoms with Gasteiger partial charge in [0.25, 0.3) is 0 Å². The molecule has 1 aromatic carbocycles. The molecule has 5 nitrogen and oxygen atoms in total. The molecule has 0 radical (unpaired) electrons. The lowest BCUT2D eigenvalue weighted by molar-refractivity contribution is -0.146. The Morgan fingerprint density at radius 3 is 2.50 bits per heavy atom. The molecule has 4 atom stereocenters. The second-order valence-electron chi connectivity index (χ2n) is 6.98. The molecular formula is C19H21NO4. The van der Waals surface area contributed by atoms with Gasteiger partial charge in [-0.2, -0.15) is 0 Å². The van der Waals surface area contributed by atoms with Gasteiger partial charge in [-0.15, -0.1) is 0 Å². The van der Waals surface area contributed by atoms with Crippen molar-refractivity contribution in [2.24, 2.45) is 29.1 Å². The Morgan fingerprint density at radius 2 is 1.88 bits per heavy atom. The molecule has 2 fully saturated rings. The number of hydrogen-bond acceptors (Lipinski definition) is 3. The summed E-state index contributed by atoms with van der Waals surface area (Å²) in [4.78, 5) is 24.7. The number of carbonyl (C=O) groups is 2. The molecule has 1 spiro atoms. The molecule has 0 aliphatic heterocycles. The van der Waals surface area contributed by atoms with Gasteiger partial charge in [-0.25, -0.2) is 0 Å². The molecule has 2 N–H and O–H groups in total. The Morgan fingerprint density at radius 1 is 1.21 bits per heavy atom. The third-order valence-corrected chi connectivity index (χ3v) is 5.87. The summed E-state index contributed by atoms with van der Waals surface area (Å²) in [5, 5.41) is 12.6. The number of ether oxygens (including phenoxy) is 1. The normalized spacial score (nSPS) is 31.2. The van der Waals surface area contributed by atoms with Gasteiger partial charge in [0, 0.05) is 0 Å². The number of amides is 1. The van der Waals surface area contributed by atoms with Gasteiger partial charge < -0.3 is 15.2 Å². The lowest BCUT2D eigenvalue weighted by atomic mass is 9.82. The smallest absolute Gasteiger partial charge is 0.307 e. The first kappa shape index (κ1) is 15.2. The van der Waals surface area contributed by atoms with Gasteiger partial charge in [0.15, 0.2) is 0 Å². The predicted octanol–water partition coefficient (Wildman–Crippen LogP) is 2.94. The number of aliphatic carboxylic acids is 1. The van der Waals surface area contributed by atoms with Gasteiger partial charge in [-0.1, -0.05) is 24.3 Å². The van der Waals surface area contributed by atoms with Crippen LogP contribution >= 0.6 is 0 Å². The van der Waals surface area contributed by atoms with Crippen LogP contribution in [0.25, 0.3) is 0 Å². The second-order valence-corrected chi connectivity index (χ2v) is 6.98. The molecule has 0 heterocycles. The average molecular weight is 327 g/mol. The highest BCUT2D eigenvalue weighted by Crippen LogP contribution is 2.72. The average Bonchev–Trinajstić information content (AvgIpc) is 3.22. The summed E-state index contributed by atoms with van der Waals surface area (Å²) in [6.45, 7) is 2.39. The summed E-state index contributed by atoms with van der Waals surface area (Å²) in [5.41, 5.74) is 0.634. The van der Waals surface area contributed by atoms with E-state index in [1.165, 1.54) is 0 Å². The maximum atomic E-state index is 12.9. The Hall–Kier alpha value is -2.30. The lowest BCUT2D eigenvalue weighted by Gasteiger charge is -2.24. The van der Waals surface area contributed by atoms with Gasteiger partial charge in [0.2, 0.25) is 5.91 Å². The summed E-state index contributed by atoms with van der Waals surface area (Å²) in [7, 11) is 0. The first-order valence-electron chi connectivity index (χ1n) is 8.52. The molecular weight excluding hydrogens is 306 g/mol. The molecule has 126 valence electrons. The van der Waals surface area contributed by atoms with Gasteiger partial charge in [-0.05, 0) is 49.1 Å².